The van der Waals surface area contributed by atoms with Gasteiger partial charge in [-0.25, -0.2) is 0 Å². The van der Waals surface area contributed by atoms with Gasteiger partial charge in [0.05, 0.1) is 28.2 Å². The van der Waals surface area contributed by atoms with Crippen LogP contribution in [0.1, 0.15) is 11.1 Å². The summed E-state index contributed by atoms with van der Waals surface area (Å²) in [4.78, 5) is 12.5. The summed E-state index contributed by atoms with van der Waals surface area (Å²) in [6.07, 6.45) is 0. The van der Waals surface area contributed by atoms with Crippen LogP contribution in [-0.4, -0.2) is 16.5 Å². The van der Waals surface area contributed by atoms with Gasteiger partial charge in [0.15, 0.2) is 5.71 Å². The molecule has 0 radical (unpaired) electrons. The molecule has 0 aliphatic heterocycles. The van der Waals surface area contributed by atoms with Crippen LogP contribution in [0.25, 0.3) is 0 Å². The number of ketones is 1. The molecule has 7 heteroatoms. The van der Waals surface area contributed by atoms with Crippen molar-refractivity contribution in [3.8, 4) is 0 Å². The third-order valence-corrected chi connectivity index (χ3v) is 5.63. The number of benzene rings is 2. The Bertz CT molecular complexity index is 895. The molecule has 2 aromatic rings. The van der Waals surface area contributed by atoms with E-state index >= 15 is 0 Å². The molecule has 0 fully saturated rings. The SMILES string of the molecule is O=C1C(=NN(Cc2ccccc2)Cc2ccccc2)C(Cl)=C(Cl)C(Cl)=C1Cl. The normalized spacial score (nSPS) is 16.3. The first kappa shape index (κ1) is 20.0. The minimum Gasteiger partial charge on any atom is -0.287 e. The highest BCUT2D eigenvalue weighted by Crippen LogP contribution is 2.36. The number of halogens is 4. The van der Waals surface area contributed by atoms with E-state index in [0.717, 1.165) is 11.1 Å². The molecule has 0 amide bonds. The first-order valence-electron chi connectivity index (χ1n) is 8.04. The Morgan fingerprint density at radius 3 is 1.59 bits per heavy atom. The van der Waals surface area contributed by atoms with E-state index < -0.39 is 5.78 Å². The fourth-order valence-electron chi connectivity index (χ4n) is 2.55. The molecule has 0 atom stereocenters. The average Bonchev–Trinajstić information content (AvgIpc) is 2.69. The van der Waals surface area contributed by atoms with Crippen LogP contribution in [0.2, 0.25) is 0 Å². The number of hydrogen-bond acceptors (Lipinski definition) is 3. The lowest BCUT2D eigenvalue weighted by Crippen LogP contribution is -2.26. The van der Waals surface area contributed by atoms with E-state index in [1.165, 1.54) is 0 Å². The van der Waals surface area contributed by atoms with Crippen LogP contribution in [0.5, 0.6) is 0 Å². The number of Topliss-reactive ketones (excluding diaryl/α,β-unsaturated/α-hetero) is 1. The number of nitrogens with zero attached hydrogens (tertiary/aromatic N) is 2. The van der Waals surface area contributed by atoms with Crippen molar-refractivity contribution in [2.45, 2.75) is 13.1 Å². The number of hydrogen-bond donors (Lipinski definition) is 0. The molecular weight excluding hydrogens is 426 g/mol. The second-order valence-electron chi connectivity index (χ2n) is 5.83. The second-order valence-corrected chi connectivity index (χ2v) is 7.34. The third-order valence-electron chi connectivity index (χ3n) is 3.86. The second kappa shape index (κ2) is 8.94. The quantitative estimate of drug-likeness (QED) is 0.422. The highest BCUT2D eigenvalue weighted by atomic mass is 35.5. The Morgan fingerprint density at radius 1 is 0.667 bits per heavy atom. The van der Waals surface area contributed by atoms with Crippen molar-refractivity contribution in [1.29, 1.82) is 0 Å². The summed E-state index contributed by atoms with van der Waals surface area (Å²) in [6.45, 7) is 0.951. The van der Waals surface area contributed by atoms with Crippen LogP contribution in [0, 0.1) is 0 Å². The maximum atomic E-state index is 12.5. The topological polar surface area (TPSA) is 32.7 Å². The van der Waals surface area contributed by atoms with Crippen molar-refractivity contribution < 1.29 is 4.79 Å². The Balaban J connectivity index is 1.97. The predicted molar refractivity (Wildman–Crippen MR) is 112 cm³/mol. The van der Waals surface area contributed by atoms with Crippen LogP contribution in [-0.2, 0) is 17.9 Å². The fraction of sp³-hybridized carbons (Fsp3) is 0.100. The molecule has 27 heavy (non-hydrogen) atoms. The summed E-state index contributed by atoms with van der Waals surface area (Å²) >= 11 is 24.3. The minimum atomic E-state index is -0.554. The van der Waals surface area contributed by atoms with Crippen LogP contribution in [0.3, 0.4) is 0 Å². The molecule has 0 aromatic heterocycles. The molecule has 0 bridgehead atoms. The summed E-state index contributed by atoms with van der Waals surface area (Å²) in [6, 6.07) is 19.6. The molecule has 0 heterocycles. The molecule has 1 aliphatic rings. The maximum Gasteiger partial charge on any atom is 0.227 e. The Labute approximate surface area is 177 Å². The standard InChI is InChI=1S/C20H14Cl4N2O/c21-15-16(22)18(24)20(27)19(17(15)23)25-26(11-13-7-3-1-4-8-13)12-14-9-5-2-6-10-14/h1-10H,11-12H2. The number of rotatable bonds is 5. The zero-order chi connectivity index (χ0) is 19.4. The molecule has 3 nitrogen and oxygen atoms in total. The molecule has 138 valence electrons. The van der Waals surface area contributed by atoms with Crippen molar-refractivity contribution in [3.05, 3.63) is 91.9 Å². The Kier molecular flexibility index (Phi) is 6.61. The van der Waals surface area contributed by atoms with Crippen LogP contribution >= 0.6 is 46.4 Å². The molecule has 0 spiro atoms. The van der Waals surface area contributed by atoms with Crippen LogP contribution < -0.4 is 0 Å². The maximum absolute atomic E-state index is 12.5. The molecule has 0 saturated carbocycles. The van der Waals surface area contributed by atoms with E-state index in [2.05, 4.69) is 5.10 Å². The lowest BCUT2D eigenvalue weighted by atomic mass is 10.1. The smallest absolute Gasteiger partial charge is 0.227 e. The summed E-state index contributed by atoms with van der Waals surface area (Å²) in [5.41, 5.74) is 2.04. The molecule has 0 N–H and O–H groups in total. The van der Waals surface area contributed by atoms with E-state index in [4.69, 9.17) is 46.4 Å². The van der Waals surface area contributed by atoms with E-state index in [9.17, 15) is 4.79 Å². The van der Waals surface area contributed by atoms with Crippen molar-refractivity contribution in [1.82, 2.24) is 5.01 Å². The first-order valence-corrected chi connectivity index (χ1v) is 9.56. The summed E-state index contributed by atoms with van der Waals surface area (Å²) < 4.78 is 0. The van der Waals surface area contributed by atoms with Gasteiger partial charge in [-0.3, -0.25) is 9.80 Å². The van der Waals surface area contributed by atoms with Crippen LogP contribution in [0.4, 0.5) is 0 Å². The average molecular weight is 440 g/mol. The molecule has 3 rings (SSSR count). The van der Waals surface area contributed by atoms with Gasteiger partial charge in [0.25, 0.3) is 0 Å². The predicted octanol–water partition coefficient (Wildman–Crippen LogP) is 6.01. The van der Waals surface area contributed by atoms with E-state index in [1.807, 2.05) is 60.7 Å². The first-order chi connectivity index (χ1) is 13.0. The highest BCUT2D eigenvalue weighted by Gasteiger charge is 2.31. The fourth-order valence-corrected chi connectivity index (χ4v) is 3.41. The van der Waals surface area contributed by atoms with Gasteiger partial charge in [0, 0.05) is 0 Å². The van der Waals surface area contributed by atoms with Crippen molar-refractivity contribution >= 4 is 57.9 Å². The van der Waals surface area contributed by atoms with Gasteiger partial charge in [0.1, 0.15) is 5.03 Å². The minimum absolute atomic E-state index is 0.0119. The van der Waals surface area contributed by atoms with Crippen molar-refractivity contribution in [2.75, 3.05) is 0 Å². The summed E-state index contributed by atoms with van der Waals surface area (Å²) in [7, 11) is 0. The van der Waals surface area contributed by atoms with Crippen molar-refractivity contribution in [2.24, 2.45) is 5.10 Å². The number of carbonyl (C=O) groups is 1. The largest absolute Gasteiger partial charge is 0.287 e. The van der Waals surface area contributed by atoms with Gasteiger partial charge in [-0.2, -0.15) is 5.10 Å². The van der Waals surface area contributed by atoms with Gasteiger partial charge in [0.2, 0.25) is 5.78 Å². The van der Waals surface area contributed by atoms with Crippen molar-refractivity contribution in [3.63, 3.8) is 0 Å². The molecular formula is C20H14Cl4N2O. The lowest BCUT2D eigenvalue weighted by molar-refractivity contribution is -0.109. The third kappa shape index (κ3) is 4.74. The zero-order valence-corrected chi connectivity index (χ0v) is 17.0. The number of allylic oxidation sites excluding steroid dienone is 4. The van der Waals surface area contributed by atoms with E-state index in [0.29, 0.717) is 13.1 Å². The summed E-state index contributed by atoms with van der Waals surface area (Å²) in [5, 5.41) is 5.96. The zero-order valence-electron chi connectivity index (χ0n) is 14.0. The van der Waals surface area contributed by atoms with Gasteiger partial charge in [-0.15, -0.1) is 0 Å². The summed E-state index contributed by atoms with van der Waals surface area (Å²) in [5.74, 6) is -0.554. The Morgan fingerprint density at radius 2 is 1.11 bits per heavy atom. The molecule has 0 saturated heterocycles. The molecule has 2 aromatic carbocycles. The lowest BCUT2D eigenvalue weighted by Gasteiger charge is -2.22. The monoisotopic (exact) mass is 438 g/mol. The Hall–Kier alpha value is -1.78. The van der Waals surface area contributed by atoms with E-state index in [-0.39, 0.29) is 25.8 Å². The number of carbonyl (C=O) groups excluding carboxylic acids is 1. The van der Waals surface area contributed by atoms with Gasteiger partial charge in [-0.05, 0) is 11.1 Å². The molecule has 0 unspecified atom stereocenters. The highest BCUT2D eigenvalue weighted by molar-refractivity contribution is 6.74. The van der Waals surface area contributed by atoms with Gasteiger partial charge >= 0.3 is 0 Å². The molecule has 1 aliphatic carbocycles. The van der Waals surface area contributed by atoms with Gasteiger partial charge in [-0.1, -0.05) is 107 Å². The number of hydrazone groups is 1. The van der Waals surface area contributed by atoms with Crippen LogP contribution in [0.15, 0.2) is 85.9 Å². The van der Waals surface area contributed by atoms with E-state index in [1.54, 1.807) is 5.01 Å². The van der Waals surface area contributed by atoms with Gasteiger partial charge < -0.3 is 0 Å².